The zero-order valence-electron chi connectivity index (χ0n) is 24.1. The topological polar surface area (TPSA) is 89.0 Å². The third-order valence-corrected chi connectivity index (χ3v) is 8.40. The van der Waals surface area contributed by atoms with Gasteiger partial charge in [0.05, 0.1) is 37.6 Å². The van der Waals surface area contributed by atoms with E-state index in [9.17, 15) is 18.0 Å². The molecule has 2 aromatic carbocycles. The van der Waals surface area contributed by atoms with Gasteiger partial charge in [0, 0.05) is 50.0 Å². The molecule has 12 heteroatoms. The summed E-state index contributed by atoms with van der Waals surface area (Å²) in [7, 11) is 1.53. The van der Waals surface area contributed by atoms with Crippen molar-refractivity contribution in [1.29, 1.82) is 0 Å². The second-order valence-corrected chi connectivity index (χ2v) is 11.2. The summed E-state index contributed by atoms with van der Waals surface area (Å²) in [6.07, 6.45) is -1.93. The molecule has 1 aromatic heterocycles. The van der Waals surface area contributed by atoms with E-state index in [1.54, 1.807) is 12.1 Å². The first-order valence-corrected chi connectivity index (χ1v) is 14.5. The van der Waals surface area contributed by atoms with Crippen LogP contribution in [0, 0.1) is 5.92 Å². The molecule has 228 valence electrons. The van der Waals surface area contributed by atoms with Crippen LogP contribution in [0.3, 0.4) is 0 Å². The van der Waals surface area contributed by atoms with Crippen LogP contribution < -0.4 is 19.7 Å². The molecule has 0 radical (unpaired) electrons. The number of nitrogens with one attached hydrogen (secondary N) is 1. The Balaban J connectivity index is 1.25. The van der Waals surface area contributed by atoms with Crippen LogP contribution in [-0.2, 0) is 17.3 Å². The largest absolute Gasteiger partial charge is 0.494 e. The molecule has 3 heterocycles. The van der Waals surface area contributed by atoms with Crippen LogP contribution in [0.15, 0.2) is 42.6 Å². The number of aromatic nitrogens is 2. The van der Waals surface area contributed by atoms with Crippen molar-refractivity contribution in [3.8, 4) is 17.4 Å². The molecule has 0 bridgehead atoms. The van der Waals surface area contributed by atoms with E-state index < -0.39 is 17.6 Å². The van der Waals surface area contributed by atoms with Crippen molar-refractivity contribution in [1.82, 2.24) is 14.9 Å². The Bertz CT molecular complexity index is 1490. The number of hydrogen-bond donors (Lipinski definition) is 1. The third-order valence-electron chi connectivity index (χ3n) is 8.40. The van der Waals surface area contributed by atoms with E-state index in [2.05, 4.69) is 25.1 Å². The van der Waals surface area contributed by atoms with Gasteiger partial charge in [-0.1, -0.05) is 19.1 Å². The molecule has 2 aliphatic heterocycles. The summed E-state index contributed by atoms with van der Waals surface area (Å²) in [4.78, 5) is 25.9. The molecule has 0 spiro atoms. The zero-order valence-corrected chi connectivity index (χ0v) is 24.1. The van der Waals surface area contributed by atoms with Gasteiger partial charge in [0.1, 0.15) is 17.1 Å². The van der Waals surface area contributed by atoms with E-state index in [1.165, 1.54) is 13.2 Å². The summed E-state index contributed by atoms with van der Waals surface area (Å²) in [5.41, 5.74) is 1.40. The molecule has 0 saturated carbocycles. The molecule has 1 unspecified atom stereocenters. The Morgan fingerprint density at radius 1 is 1.07 bits per heavy atom. The lowest BCUT2D eigenvalue weighted by atomic mass is 9.96. The van der Waals surface area contributed by atoms with Crippen LogP contribution in [0.25, 0.3) is 0 Å². The minimum Gasteiger partial charge on any atom is -0.494 e. The highest BCUT2D eigenvalue weighted by Gasteiger charge is 2.37. The Hall–Kier alpha value is -3.90. The predicted molar refractivity (Wildman–Crippen MR) is 155 cm³/mol. The van der Waals surface area contributed by atoms with Crippen molar-refractivity contribution in [3.05, 3.63) is 59.3 Å². The average molecular weight is 598 g/mol. The number of benzene rings is 2. The fraction of sp³-hybridized carbons (Fsp3) is 0.452. The molecule has 9 nitrogen and oxygen atoms in total. The van der Waals surface area contributed by atoms with Gasteiger partial charge in [-0.15, -0.1) is 0 Å². The summed E-state index contributed by atoms with van der Waals surface area (Å²) in [6.45, 7) is 7.00. The van der Waals surface area contributed by atoms with Crippen molar-refractivity contribution in [2.24, 2.45) is 5.92 Å². The number of methoxy groups -OCH3 is 1. The van der Waals surface area contributed by atoms with Crippen LogP contribution in [0.5, 0.6) is 17.4 Å². The van der Waals surface area contributed by atoms with Gasteiger partial charge < -0.3 is 24.4 Å². The molecule has 2 fully saturated rings. The van der Waals surface area contributed by atoms with Crippen LogP contribution in [0.2, 0.25) is 0 Å². The normalized spacial score (nSPS) is 19.8. The van der Waals surface area contributed by atoms with Gasteiger partial charge in [0.25, 0.3) is 0 Å². The molecule has 1 N–H and O–H groups in total. The molecule has 3 aliphatic rings. The van der Waals surface area contributed by atoms with Crippen molar-refractivity contribution >= 4 is 23.1 Å². The molecule has 6 rings (SSSR count). The molecule has 0 amide bonds. The smallest absolute Gasteiger partial charge is 0.423 e. The first kappa shape index (κ1) is 29.2. The van der Waals surface area contributed by atoms with Crippen molar-refractivity contribution in [2.45, 2.75) is 38.4 Å². The number of ketones is 1. The second kappa shape index (κ2) is 12.0. The van der Waals surface area contributed by atoms with Crippen LogP contribution >= 0.6 is 0 Å². The van der Waals surface area contributed by atoms with Gasteiger partial charge in [-0.05, 0) is 43.0 Å². The average Bonchev–Trinajstić information content (AvgIpc) is 3.10. The fourth-order valence-electron chi connectivity index (χ4n) is 5.81. The van der Waals surface area contributed by atoms with Crippen molar-refractivity contribution in [2.75, 3.05) is 56.7 Å². The standard InChI is InChI=1S/C31H34F3N5O4/c1-19-5-3-6-20-7-4-8-25(27(20)28(19)40)43-29-23(31(32,33)34)16-35-30(37-29)36-24-10-9-21(15-26(24)41-2)38-11-13-39(14-12-38)22-17-42-18-22/h4,7-10,15-16,19,22H,3,5-6,11-14,17-18H2,1-2H3,(H,35,36,37). The van der Waals surface area contributed by atoms with Crippen LogP contribution in [-0.4, -0.2) is 73.2 Å². The summed E-state index contributed by atoms with van der Waals surface area (Å²) >= 11 is 0. The van der Waals surface area contributed by atoms with E-state index >= 15 is 0 Å². The quantitative estimate of drug-likeness (QED) is 0.344. The number of piperazine rings is 1. The minimum atomic E-state index is -4.77. The number of rotatable bonds is 7. The van der Waals surface area contributed by atoms with Crippen molar-refractivity contribution in [3.63, 3.8) is 0 Å². The number of alkyl halides is 3. The Labute approximate surface area is 248 Å². The van der Waals surface area contributed by atoms with Gasteiger partial charge in [0.2, 0.25) is 11.8 Å². The van der Waals surface area contributed by atoms with Gasteiger partial charge in [-0.25, -0.2) is 4.98 Å². The lowest BCUT2D eigenvalue weighted by Gasteiger charge is -2.43. The first-order chi connectivity index (χ1) is 20.7. The molecule has 1 atom stereocenters. The molecule has 2 saturated heterocycles. The Morgan fingerprint density at radius 3 is 2.56 bits per heavy atom. The molecule has 43 heavy (non-hydrogen) atoms. The Kier molecular flexibility index (Phi) is 8.15. The van der Waals surface area contributed by atoms with E-state index in [0.29, 0.717) is 42.1 Å². The van der Waals surface area contributed by atoms with Gasteiger partial charge in [-0.3, -0.25) is 9.69 Å². The van der Waals surface area contributed by atoms with E-state index in [0.717, 1.165) is 57.1 Å². The predicted octanol–water partition coefficient (Wildman–Crippen LogP) is 5.72. The number of carbonyl (C=O) groups is 1. The molecule has 1 aliphatic carbocycles. The fourth-order valence-corrected chi connectivity index (χ4v) is 5.81. The SMILES string of the molecule is COc1cc(N2CCN(C3COC3)CC2)ccc1Nc1ncc(C(F)(F)F)c(Oc2cccc3c2C(=O)C(C)CCC3)n1. The summed E-state index contributed by atoms with van der Waals surface area (Å²) in [6, 6.07) is 11.1. The highest BCUT2D eigenvalue weighted by Crippen LogP contribution is 2.40. The first-order valence-electron chi connectivity index (χ1n) is 14.5. The van der Waals surface area contributed by atoms with Gasteiger partial charge in [0.15, 0.2) is 5.78 Å². The number of nitrogens with zero attached hydrogens (tertiary/aromatic N) is 4. The van der Waals surface area contributed by atoms with E-state index in [-0.39, 0.29) is 23.4 Å². The number of carbonyl (C=O) groups excluding carboxylic acids is 1. The number of Topliss-reactive ketones (excluding diaryl/α,β-unsaturated/α-hetero) is 1. The summed E-state index contributed by atoms with van der Waals surface area (Å²) in [5.74, 6) is -0.648. The molecule has 3 aromatic rings. The van der Waals surface area contributed by atoms with Crippen molar-refractivity contribution < 1.29 is 32.2 Å². The maximum Gasteiger partial charge on any atom is 0.423 e. The third kappa shape index (κ3) is 6.12. The number of ether oxygens (including phenoxy) is 3. The minimum absolute atomic E-state index is 0.0539. The van der Waals surface area contributed by atoms with E-state index in [4.69, 9.17) is 14.2 Å². The monoisotopic (exact) mass is 597 g/mol. The maximum atomic E-state index is 14.0. The number of aryl methyl sites for hydroxylation is 1. The van der Waals surface area contributed by atoms with Crippen LogP contribution in [0.1, 0.15) is 41.3 Å². The molecular weight excluding hydrogens is 563 g/mol. The van der Waals surface area contributed by atoms with Gasteiger partial charge in [-0.2, -0.15) is 18.2 Å². The lowest BCUT2D eigenvalue weighted by Crippen LogP contribution is -2.56. The summed E-state index contributed by atoms with van der Waals surface area (Å²) in [5, 5.41) is 2.98. The lowest BCUT2D eigenvalue weighted by molar-refractivity contribution is -0.139. The maximum absolute atomic E-state index is 14.0. The highest BCUT2D eigenvalue weighted by atomic mass is 19.4. The van der Waals surface area contributed by atoms with E-state index in [1.807, 2.05) is 25.1 Å². The zero-order chi connectivity index (χ0) is 30.1. The second-order valence-electron chi connectivity index (χ2n) is 11.2. The summed E-state index contributed by atoms with van der Waals surface area (Å²) < 4.78 is 58.7. The number of halogens is 3. The molecular formula is C31H34F3N5O4. The Morgan fingerprint density at radius 2 is 1.86 bits per heavy atom. The number of anilines is 3. The van der Waals surface area contributed by atoms with Crippen LogP contribution in [0.4, 0.5) is 30.5 Å². The highest BCUT2D eigenvalue weighted by molar-refractivity contribution is 6.01. The number of fused-ring (bicyclic) bond motifs is 1. The number of hydrogen-bond acceptors (Lipinski definition) is 9. The van der Waals surface area contributed by atoms with Gasteiger partial charge >= 0.3 is 6.18 Å².